The van der Waals surface area contributed by atoms with Crippen molar-refractivity contribution < 1.29 is 20.1 Å². The van der Waals surface area contributed by atoms with E-state index in [1.54, 1.807) is 0 Å². The van der Waals surface area contributed by atoms with Crippen molar-refractivity contribution in [3.05, 3.63) is 6.33 Å². The molecule has 11 heteroatoms. The molecule has 2 aromatic heterocycles. The second kappa shape index (κ2) is 6.88. The van der Waals surface area contributed by atoms with E-state index in [-0.39, 0.29) is 5.82 Å². The molecule has 3 rings (SSSR count). The van der Waals surface area contributed by atoms with Crippen LogP contribution in [0.15, 0.2) is 11.5 Å². The summed E-state index contributed by atoms with van der Waals surface area (Å²) in [7, 11) is 0. The standard InChI is InChI=1S/C13H16N6O4S/c14-2-1-3-24-13-17-10(15)7-11(18-13)19(5-16-7)12-9(22)8(21)6(4-20)23-12/h5-6,8-9,12,20-22H,1,3-4H2,(H2,15,17,18)/t6-,8-,9-,12-/m1/s1. The molecule has 0 amide bonds. The summed E-state index contributed by atoms with van der Waals surface area (Å²) < 4.78 is 6.94. The highest BCUT2D eigenvalue weighted by Crippen LogP contribution is 2.32. The number of rotatable bonds is 5. The fourth-order valence-corrected chi connectivity index (χ4v) is 3.16. The first-order chi connectivity index (χ1) is 11.6. The van der Waals surface area contributed by atoms with E-state index in [9.17, 15) is 15.3 Å². The third kappa shape index (κ3) is 2.90. The summed E-state index contributed by atoms with van der Waals surface area (Å²) in [5.41, 5.74) is 6.58. The molecule has 1 fully saturated rings. The van der Waals surface area contributed by atoms with E-state index < -0.39 is 31.1 Å². The Morgan fingerprint density at radius 3 is 2.83 bits per heavy atom. The molecule has 10 nitrogen and oxygen atoms in total. The lowest BCUT2D eigenvalue weighted by atomic mass is 10.1. The van der Waals surface area contributed by atoms with Crippen LogP contribution >= 0.6 is 11.8 Å². The zero-order valence-corrected chi connectivity index (χ0v) is 13.3. The average Bonchev–Trinajstić information content (AvgIpc) is 3.10. The van der Waals surface area contributed by atoms with Gasteiger partial charge in [-0.15, -0.1) is 0 Å². The van der Waals surface area contributed by atoms with Gasteiger partial charge in [0.2, 0.25) is 0 Å². The first kappa shape index (κ1) is 16.9. The van der Waals surface area contributed by atoms with Gasteiger partial charge in [0.1, 0.15) is 23.8 Å². The number of hydrogen-bond acceptors (Lipinski definition) is 10. The molecule has 24 heavy (non-hydrogen) atoms. The molecule has 0 bridgehead atoms. The van der Waals surface area contributed by atoms with Gasteiger partial charge in [-0.2, -0.15) is 5.26 Å². The highest BCUT2D eigenvalue weighted by atomic mass is 32.2. The number of nitrogens with zero attached hydrogens (tertiary/aromatic N) is 5. The molecule has 5 N–H and O–H groups in total. The lowest BCUT2D eigenvalue weighted by molar-refractivity contribution is -0.0511. The molecule has 0 radical (unpaired) electrons. The lowest BCUT2D eigenvalue weighted by Gasteiger charge is -2.16. The number of imidazole rings is 1. The Morgan fingerprint density at radius 2 is 2.17 bits per heavy atom. The number of ether oxygens (including phenoxy) is 1. The Bertz CT molecular complexity index is 778. The van der Waals surface area contributed by atoms with E-state index in [1.165, 1.54) is 22.7 Å². The van der Waals surface area contributed by atoms with Crippen LogP contribution in [0.4, 0.5) is 5.82 Å². The second-order valence-electron chi connectivity index (χ2n) is 5.20. The molecule has 1 saturated heterocycles. The van der Waals surface area contributed by atoms with Crippen molar-refractivity contribution in [1.29, 1.82) is 5.26 Å². The topological polar surface area (TPSA) is 163 Å². The number of aromatic nitrogens is 4. The van der Waals surface area contributed by atoms with Gasteiger partial charge in [-0.1, -0.05) is 11.8 Å². The van der Waals surface area contributed by atoms with E-state index in [0.717, 1.165) is 0 Å². The molecule has 0 aliphatic carbocycles. The van der Waals surface area contributed by atoms with E-state index in [0.29, 0.717) is 28.5 Å². The van der Waals surface area contributed by atoms with Crippen LogP contribution < -0.4 is 5.73 Å². The zero-order chi connectivity index (χ0) is 17.3. The highest BCUT2D eigenvalue weighted by Gasteiger charge is 2.44. The van der Waals surface area contributed by atoms with Gasteiger partial charge >= 0.3 is 0 Å². The summed E-state index contributed by atoms with van der Waals surface area (Å²) in [5.74, 6) is 0.689. The molecule has 128 valence electrons. The summed E-state index contributed by atoms with van der Waals surface area (Å²) >= 11 is 1.28. The van der Waals surface area contributed by atoms with Crippen LogP contribution in [-0.2, 0) is 4.74 Å². The Balaban J connectivity index is 1.96. The molecule has 3 heterocycles. The Kier molecular flexibility index (Phi) is 4.83. The van der Waals surface area contributed by atoms with Crippen LogP contribution in [0.1, 0.15) is 12.6 Å². The third-order valence-corrected chi connectivity index (χ3v) is 4.51. The van der Waals surface area contributed by atoms with Gasteiger partial charge in [0, 0.05) is 12.2 Å². The van der Waals surface area contributed by atoms with Gasteiger partial charge in [-0.05, 0) is 0 Å². The van der Waals surface area contributed by atoms with Gasteiger partial charge < -0.3 is 25.8 Å². The summed E-state index contributed by atoms with van der Waals surface area (Å²) in [6.45, 7) is -0.423. The summed E-state index contributed by atoms with van der Waals surface area (Å²) in [4.78, 5) is 12.6. The summed E-state index contributed by atoms with van der Waals surface area (Å²) in [6, 6.07) is 2.03. The van der Waals surface area contributed by atoms with Crippen molar-refractivity contribution >= 4 is 28.7 Å². The number of nitrogen functional groups attached to an aromatic ring is 1. The lowest BCUT2D eigenvalue weighted by Crippen LogP contribution is -2.33. The van der Waals surface area contributed by atoms with Crippen molar-refractivity contribution in [3.8, 4) is 6.07 Å². The number of nitrogens with two attached hydrogens (primary N) is 1. The van der Waals surface area contributed by atoms with Gasteiger partial charge in [0.25, 0.3) is 0 Å². The number of hydrogen-bond donors (Lipinski definition) is 4. The maximum atomic E-state index is 10.2. The maximum Gasteiger partial charge on any atom is 0.191 e. The maximum absolute atomic E-state index is 10.2. The molecule has 2 aromatic rings. The number of aliphatic hydroxyl groups is 3. The number of aliphatic hydroxyl groups excluding tert-OH is 3. The monoisotopic (exact) mass is 352 g/mol. The van der Waals surface area contributed by atoms with Crippen LogP contribution in [0.3, 0.4) is 0 Å². The molecule has 0 aromatic carbocycles. The average molecular weight is 352 g/mol. The summed E-state index contributed by atoms with van der Waals surface area (Å²) in [5, 5.41) is 38.2. The van der Waals surface area contributed by atoms with Crippen LogP contribution in [-0.4, -0.2) is 65.5 Å². The van der Waals surface area contributed by atoms with Crippen molar-refractivity contribution in [3.63, 3.8) is 0 Å². The quantitative estimate of drug-likeness (QED) is 0.299. The second-order valence-corrected chi connectivity index (χ2v) is 6.26. The first-order valence-corrected chi connectivity index (χ1v) is 8.17. The molecular formula is C13H16N6O4S. The molecule has 1 aliphatic rings. The zero-order valence-electron chi connectivity index (χ0n) is 12.5. The van der Waals surface area contributed by atoms with Crippen molar-refractivity contribution in [2.75, 3.05) is 18.1 Å². The number of nitriles is 1. The Labute approximate surface area is 140 Å². The van der Waals surface area contributed by atoms with E-state index >= 15 is 0 Å². The third-order valence-electron chi connectivity index (χ3n) is 3.66. The van der Waals surface area contributed by atoms with Crippen molar-refractivity contribution in [1.82, 2.24) is 19.5 Å². The normalized spacial score (nSPS) is 26.8. The van der Waals surface area contributed by atoms with Gasteiger partial charge in [-0.3, -0.25) is 4.57 Å². The summed E-state index contributed by atoms with van der Waals surface area (Å²) in [6.07, 6.45) is -2.58. The number of anilines is 1. The van der Waals surface area contributed by atoms with Gasteiger partial charge in [0.05, 0.1) is 19.0 Å². The number of fused-ring (bicyclic) bond motifs is 1. The van der Waals surface area contributed by atoms with Crippen molar-refractivity contribution in [2.45, 2.75) is 36.1 Å². The molecule has 0 spiro atoms. The smallest absolute Gasteiger partial charge is 0.191 e. The molecule has 4 atom stereocenters. The van der Waals surface area contributed by atoms with Crippen LogP contribution in [0, 0.1) is 11.3 Å². The highest BCUT2D eigenvalue weighted by molar-refractivity contribution is 7.99. The Morgan fingerprint density at radius 1 is 1.38 bits per heavy atom. The van der Waals surface area contributed by atoms with E-state index in [1.807, 2.05) is 6.07 Å². The van der Waals surface area contributed by atoms with Gasteiger partial charge in [0.15, 0.2) is 22.8 Å². The fraction of sp³-hybridized carbons (Fsp3) is 0.538. The minimum Gasteiger partial charge on any atom is -0.394 e. The fourth-order valence-electron chi connectivity index (χ4n) is 2.47. The molecule has 0 unspecified atom stereocenters. The van der Waals surface area contributed by atoms with Gasteiger partial charge in [-0.25, -0.2) is 15.0 Å². The minimum atomic E-state index is -1.24. The van der Waals surface area contributed by atoms with Crippen molar-refractivity contribution in [2.24, 2.45) is 0 Å². The van der Waals surface area contributed by atoms with E-state index in [2.05, 4.69) is 15.0 Å². The minimum absolute atomic E-state index is 0.171. The number of thioether (sulfide) groups is 1. The van der Waals surface area contributed by atoms with E-state index in [4.69, 9.17) is 15.7 Å². The molecule has 1 aliphatic heterocycles. The predicted molar refractivity (Wildman–Crippen MR) is 83.7 cm³/mol. The molecule has 0 saturated carbocycles. The van der Waals surface area contributed by atoms with Crippen LogP contribution in [0.25, 0.3) is 11.2 Å². The first-order valence-electron chi connectivity index (χ1n) is 7.19. The predicted octanol–water partition coefficient (Wildman–Crippen LogP) is -0.974. The SMILES string of the molecule is N#CCCSc1nc(N)c2ncn([C@@H]3O[C@H](CO)[C@@H](O)[C@H]3O)c2n1. The molecular weight excluding hydrogens is 336 g/mol. The Hall–Kier alpha value is -1.97. The van der Waals surface area contributed by atoms with Crippen LogP contribution in [0.2, 0.25) is 0 Å². The van der Waals surface area contributed by atoms with Crippen LogP contribution in [0.5, 0.6) is 0 Å². The largest absolute Gasteiger partial charge is 0.394 e.